The van der Waals surface area contributed by atoms with Crippen LogP contribution in [0.5, 0.6) is 11.5 Å². The second-order valence-corrected chi connectivity index (χ2v) is 7.40. The minimum atomic E-state index is -0.389. The molecule has 132 valence electrons. The Morgan fingerprint density at radius 3 is 2.62 bits per heavy atom. The quantitative estimate of drug-likeness (QED) is 0.843. The first-order valence-corrected chi connectivity index (χ1v) is 8.55. The van der Waals surface area contributed by atoms with E-state index in [1.807, 2.05) is 32.9 Å². The minimum Gasteiger partial charge on any atom is -0.454 e. The average molecular weight is 335 g/mol. The molecule has 1 saturated heterocycles. The van der Waals surface area contributed by atoms with Gasteiger partial charge in [-0.1, -0.05) is 20.8 Å². The van der Waals surface area contributed by atoms with Crippen LogP contribution in [0.3, 0.4) is 0 Å². The molecule has 0 aromatic heterocycles. The molecular formula is C18H27N2O4+. The zero-order chi connectivity index (χ0) is 17.2. The third-order valence-corrected chi connectivity index (χ3v) is 4.57. The number of fused-ring (bicyclic) bond motifs is 1. The van der Waals surface area contributed by atoms with Crippen LogP contribution in [0.2, 0.25) is 0 Å². The summed E-state index contributed by atoms with van der Waals surface area (Å²) < 4.78 is 16.4. The molecule has 0 saturated carbocycles. The molecule has 2 heterocycles. The minimum absolute atomic E-state index is 0.0703. The van der Waals surface area contributed by atoms with Crippen molar-refractivity contribution in [1.29, 1.82) is 0 Å². The Kier molecular flexibility index (Phi) is 4.96. The number of amides is 1. The van der Waals surface area contributed by atoms with E-state index in [9.17, 15) is 4.79 Å². The van der Waals surface area contributed by atoms with Crippen LogP contribution in [0.4, 0.5) is 0 Å². The first kappa shape index (κ1) is 17.0. The van der Waals surface area contributed by atoms with Gasteiger partial charge in [-0.05, 0) is 18.2 Å². The van der Waals surface area contributed by atoms with Crippen LogP contribution in [0.15, 0.2) is 18.2 Å². The largest absolute Gasteiger partial charge is 0.454 e. The Hall–Kier alpha value is -1.79. The second kappa shape index (κ2) is 6.99. The van der Waals surface area contributed by atoms with E-state index in [0.29, 0.717) is 6.54 Å². The molecule has 1 aromatic rings. The van der Waals surface area contributed by atoms with Crippen molar-refractivity contribution >= 4 is 5.91 Å². The fraction of sp³-hybridized carbons (Fsp3) is 0.611. The van der Waals surface area contributed by atoms with Gasteiger partial charge in [0.25, 0.3) is 0 Å². The van der Waals surface area contributed by atoms with Crippen LogP contribution in [0.25, 0.3) is 0 Å². The van der Waals surface area contributed by atoms with E-state index in [1.165, 1.54) is 4.90 Å². The van der Waals surface area contributed by atoms with Crippen molar-refractivity contribution in [3.63, 3.8) is 0 Å². The number of hydrogen-bond acceptors (Lipinski definition) is 4. The van der Waals surface area contributed by atoms with Crippen molar-refractivity contribution < 1.29 is 23.9 Å². The van der Waals surface area contributed by atoms with Crippen molar-refractivity contribution in [1.82, 2.24) is 5.32 Å². The summed E-state index contributed by atoms with van der Waals surface area (Å²) >= 11 is 0. The number of carbonyl (C=O) groups is 1. The lowest BCUT2D eigenvalue weighted by atomic mass is 9.95. The van der Waals surface area contributed by atoms with Crippen LogP contribution in [-0.2, 0) is 9.53 Å². The summed E-state index contributed by atoms with van der Waals surface area (Å²) in [7, 11) is 0. The summed E-state index contributed by atoms with van der Waals surface area (Å²) in [6.07, 6.45) is 0. The normalized spacial score (nSPS) is 19.1. The lowest BCUT2D eigenvalue weighted by Crippen LogP contribution is -3.15. The molecule has 6 nitrogen and oxygen atoms in total. The number of hydrogen-bond donors (Lipinski definition) is 2. The van der Waals surface area contributed by atoms with Crippen LogP contribution in [-0.4, -0.2) is 45.5 Å². The summed E-state index contributed by atoms with van der Waals surface area (Å²) in [5, 5.41) is 3.11. The fourth-order valence-corrected chi connectivity index (χ4v) is 3.07. The molecule has 3 rings (SSSR count). The van der Waals surface area contributed by atoms with E-state index in [1.54, 1.807) is 0 Å². The Labute approximate surface area is 143 Å². The predicted octanol–water partition coefficient (Wildman–Crippen LogP) is 0.534. The summed E-state index contributed by atoms with van der Waals surface area (Å²) in [4.78, 5) is 13.7. The molecule has 1 fully saturated rings. The van der Waals surface area contributed by atoms with Gasteiger partial charge in [0.15, 0.2) is 11.5 Å². The van der Waals surface area contributed by atoms with E-state index in [0.717, 1.165) is 43.4 Å². The Bertz CT molecular complexity index is 591. The number of benzene rings is 1. The van der Waals surface area contributed by atoms with Crippen LogP contribution in [0.1, 0.15) is 32.4 Å². The molecule has 24 heavy (non-hydrogen) atoms. The van der Waals surface area contributed by atoms with Gasteiger partial charge in [0, 0.05) is 11.0 Å². The number of ether oxygens (including phenoxy) is 3. The zero-order valence-corrected chi connectivity index (χ0v) is 14.7. The molecule has 0 radical (unpaired) electrons. The van der Waals surface area contributed by atoms with Crippen molar-refractivity contribution in [3.05, 3.63) is 23.8 Å². The van der Waals surface area contributed by atoms with Gasteiger partial charge in [0.05, 0.1) is 19.8 Å². The maximum absolute atomic E-state index is 12.3. The lowest BCUT2D eigenvalue weighted by molar-refractivity contribution is -0.937. The van der Waals surface area contributed by atoms with Crippen molar-refractivity contribution in [2.45, 2.75) is 26.8 Å². The first-order chi connectivity index (χ1) is 11.4. The molecule has 0 spiro atoms. The van der Waals surface area contributed by atoms with Gasteiger partial charge in [-0.3, -0.25) is 4.79 Å². The van der Waals surface area contributed by atoms with E-state index in [4.69, 9.17) is 14.2 Å². The van der Waals surface area contributed by atoms with Gasteiger partial charge < -0.3 is 24.4 Å². The number of rotatable bonds is 4. The molecule has 1 aromatic carbocycles. The molecule has 1 amide bonds. The van der Waals surface area contributed by atoms with Gasteiger partial charge in [0.2, 0.25) is 12.7 Å². The van der Waals surface area contributed by atoms with E-state index in [2.05, 4.69) is 11.4 Å². The monoisotopic (exact) mass is 335 g/mol. The summed E-state index contributed by atoms with van der Waals surface area (Å²) in [5.74, 6) is 1.64. The Balaban J connectivity index is 1.78. The number of quaternary nitrogens is 1. The van der Waals surface area contributed by atoms with Crippen LogP contribution >= 0.6 is 0 Å². The molecule has 0 bridgehead atoms. The molecule has 1 atom stereocenters. The maximum Gasteiger partial charge on any atom is 0.231 e. The van der Waals surface area contributed by atoms with E-state index in [-0.39, 0.29) is 24.2 Å². The van der Waals surface area contributed by atoms with Crippen LogP contribution in [0, 0.1) is 5.41 Å². The summed E-state index contributed by atoms with van der Waals surface area (Å²) in [6, 6.07) is 6.24. The highest BCUT2D eigenvalue weighted by Crippen LogP contribution is 2.33. The average Bonchev–Trinajstić information content (AvgIpc) is 3.02. The summed E-state index contributed by atoms with van der Waals surface area (Å²) in [5.41, 5.74) is 0.769. The molecule has 0 unspecified atom stereocenters. The highest BCUT2D eigenvalue weighted by atomic mass is 16.7. The summed E-state index contributed by atoms with van der Waals surface area (Å²) in [6.45, 7) is 10.0. The Morgan fingerprint density at radius 2 is 1.92 bits per heavy atom. The predicted molar refractivity (Wildman–Crippen MR) is 89.3 cm³/mol. The van der Waals surface area contributed by atoms with E-state index >= 15 is 0 Å². The topological polar surface area (TPSA) is 61.2 Å². The molecule has 2 aliphatic rings. The van der Waals surface area contributed by atoms with Gasteiger partial charge in [-0.15, -0.1) is 0 Å². The molecule has 2 N–H and O–H groups in total. The smallest absolute Gasteiger partial charge is 0.231 e. The van der Waals surface area contributed by atoms with Gasteiger partial charge >= 0.3 is 0 Å². The highest BCUT2D eigenvalue weighted by molar-refractivity contribution is 5.81. The third-order valence-electron chi connectivity index (χ3n) is 4.57. The maximum atomic E-state index is 12.3. The molecule has 2 aliphatic heterocycles. The second-order valence-electron chi connectivity index (χ2n) is 7.40. The van der Waals surface area contributed by atoms with E-state index < -0.39 is 0 Å². The van der Waals surface area contributed by atoms with Gasteiger partial charge in [-0.2, -0.15) is 0 Å². The molecular weight excluding hydrogens is 308 g/mol. The molecule has 6 heteroatoms. The van der Waals surface area contributed by atoms with Crippen molar-refractivity contribution in [3.8, 4) is 11.5 Å². The number of nitrogens with one attached hydrogen (secondary N) is 2. The lowest BCUT2D eigenvalue weighted by Gasteiger charge is -2.32. The Morgan fingerprint density at radius 1 is 1.21 bits per heavy atom. The van der Waals surface area contributed by atoms with Gasteiger partial charge in [0.1, 0.15) is 19.1 Å². The van der Waals surface area contributed by atoms with Gasteiger partial charge in [-0.25, -0.2) is 0 Å². The SMILES string of the molecule is CC(C)(C)C(=O)NC[C@H](c1ccc2c(c1)OCO2)[NH+]1CCOCC1. The number of morpholine rings is 1. The first-order valence-electron chi connectivity index (χ1n) is 8.55. The number of carbonyl (C=O) groups excluding carboxylic acids is 1. The van der Waals surface area contributed by atoms with Crippen molar-refractivity contribution in [2.75, 3.05) is 39.6 Å². The third kappa shape index (κ3) is 3.82. The highest BCUT2D eigenvalue weighted by Gasteiger charge is 2.30. The van der Waals surface area contributed by atoms with Crippen LogP contribution < -0.4 is 19.7 Å². The standard InChI is InChI=1S/C18H26N2O4/c1-18(2,3)17(21)19-11-14(20-6-8-22-9-7-20)13-4-5-15-16(10-13)24-12-23-15/h4-5,10,14H,6-9,11-12H2,1-3H3,(H,19,21)/p+1/t14-/m1/s1. The fourth-order valence-electron chi connectivity index (χ4n) is 3.07. The van der Waals surface area contributed by atoms with Crippen molar-refractivity contribution in [2.24, 2.45) is 5.41 Å². The zero-order valence-electron chi connectivity index (χ0n) is 14.7. The molecule has 0 aliphatic carbocycles.